The summed E-state index contributed by atoms with van der Waals surface area (Å²) in [5.74, 6) is 0. The summed E-state index contributed by atoms with van der Waals surface area (Å²) in [6.07, 6.45) is 12.1. The largest absolute Gasteiger partial charge is 0.364 e. The number of likely N-dealkylation sites (N-methyl/N-ethyl adjacent to an activating group) is 1. The molecule has 6 rings (SSSR count). The maximum atomic E-state index is 12.1. The maximum Gasteiger partial charge on any atom is 0.294 e. The number of hydrogen-bond donors (Lipinski definition) is 2. The number of nitrogens with zero attached hydrogens (tertiary/aromatic N) is 1. The molecule has 7 nitrogen and oxygen atoms in total. The molecule has 1 unspecified atom stereocenters. The van der Waals surface area contributed by atoms with Gasteiger partial charge in [-0.15, -0.1) is 0 Å². The van der Waals surface area contributed by atoms with Crippen LogP contribution in [0.25, 0.3) is 21.5 Å². The summed E-state index contributed by atoms with van der Waals surface area (Å²) in [4.78, 5) is 2.14. The standard InChI is InChI=1S/C39H43NO6S2/c1-8-25-20-30-24(3)19-29(48(44,45)46)23-33(30)36-31(25)21-27(38(36,4)5)13-11-10-12-14-35-39(6,7)37-32-22-28(47(41,42)43)17-15-26(32)16-18-34(37)40(35)9-2/h10-20,22-23,35H,8-9,21H2,1-7H3,(H,41,42,43)(H,44,45,46)/b11-10+,14-12+,27-13-. The van der Waals surface area contributed by atoms with Gasteiger partial charge in [-0.2, -0.15) is 16.8 Å². The van der Waals surface area contributed by atoms with E-state index in [1.165, 1.54) is 22.8 Å². The van der Waals surface area contributed by atoms with E-state index in [-0.39, 0.29) is 26.7 Å². The summed E-state index contributed by atoms with van der Waals surface area (Å²) >= 11 is 0. The maximum absolute atomic E-state index is 12.1. The SMILES string of the molecule is CCc1cc2c(C)cc(S(=O)(=O)O)cc2c2c1C/C(=C/C=C/C=C/C1N(CC)c3ccc4ccc(S(=O)(=O)O)cc4c3C1(C)C)C2(C)C. The zero-order valence-electron chi connectivity index (χ0n) is 28.5. The van der Waals surface area contributed by atoms with Crippen LogP contribution >= 0.6 is 0 Å². The van der Waals surface area contributed by atoms with Gasteiger partial charge >= 0.3 is 0 Å². The molecule has 9 heteroatoms. The Morgan fingerprint density at radius 2 is 1.48 bits per heavy atom. The van der Waals surface area contributed by atoms with Crippen LogP contribution in [0.3, 0.4) is 0 Å². The molecule has 0 radical (unpaired) electrons. The van der Waals surface area contributed by atoms with Gasteiger partial charge in [0.25, 0.3) is 20.2 Å². The minimum atomic E-state index is -4.35. The highest BCUT2D eigenvalue weighted by molar-refractivity contribution is 7.86. The second kappa shape index (κ2) is 11.7. The van der Waals surface area contributed by atoms with Gasteiger partial charge in [-0.3, -0.25) is 9.11 Å². The molecule has 48 heavy (non-hydrogen) atoms. The molecule has 0 bridgehead atoms. The molecule has 0 saturated carbocycles. The van der Waals surface area contributed by atoms with Crippen molar-refractivity contribution in [2.24, 2.45) is 0 Å². The van der Waals surface area contributed by atoms with E-state index in [1.807, 2.05) is 19.1 Å². The normalized spacial score (nSPS) is 19.7. The molecule has 252 valence electrons. The van der Waals surface area contributed by atoms with Crippen LogP contribution in [0.2, 0.25) is 0 Å². The minimum absolute atomic E-state index is 0.0145. The van der Waals surface area contributed by atoms with E-state index >= 15 is 0 Å². The van der Waals surface area contributed by atoms with Gasteiger partial charge in [0.15, 0.2) is 0 Å². The fourth-order valence-electron chi connectivity index (χ4n) is 8.14. The molecule has 1 heterocycles. The van der Waals surface area contributed by atoms with Crippen LogP contribution in [0, 0.1) is 6.92 Å². The summed E-state index contributed by atoms with van der Waals surface area (Å²) in [5, 5.41) is 3.62. The van der Waals surface area contributed by atoms with Gasteiger partial charge in [0.1, 0.15) is 0 Å². The Labute approximate surface area is 284 Å². The zero-order valence-corrected chi connectivity index (χ0v) is 30.1. The predicted molar refractivity (Wildman–Crippen MR) is 195 cm³/mol. The number of hydrogen-bond acceptors (Lipinski definition) is 5. The van der Waals surface area contributed by atoms with Gasteiger partial charge in [0.05, 0.1) is 15.8 Å². The molecule has 1 aliphatic heterocycles. The van der Waals surface area contributed by atoms with Gasteiger partial charge in [-0.25, -0.2) is 0 Å². The third-order valence-corrected chi connectivity index (χ3v) is 12.2. The first-order valence-electron chi connectivity index (χ1n) is 16.3. The molecule has 2 N–H and O–H groups in total. The summed E-state index contributed by atoms with van der Waals surface area (Å²) in [5.41, 5.74) is 7.05. The Bertz CT molecular complexity index is 2310. The second-order valence-corrected chi connectivity index (χ2v) is 16.9. The lowest BCUT2D eigenvalue weighted by Gasteiger charge is -2.31. The van der Waals surface area contributed by atoms with Gasteiger partial charge in [-0.1, -0.05) is 88.8 Å². The summed E-state index contributed by atoms with van der Waals surface area (Å²) in [6.45, 7) is 15.6. The summed E-state index contributed by atoms with van der Waals surface area (Å²) in [7, 11) is -8.69. The molecule has 0 spiro atoms. The Hall–Kier alpha value is -3.76. The van der Waals surface area contributed by atoms with Crippen molar-refractivity contribution < 1.29 is 25.9 Å². The monoisotopic (exact) mass is 685 g/mol. The van der Waals surface area contributed by atoms with Crippen LogP contribution in [-0.4, -0.2) is 38.5 Å². The van der Waals surface area contributed by atoms with E-state index in [4.69, 9.17) is 0 Å². The third-order valence-electron chi connectivity index (χ3n) is 10.6. The lowest BCUT2D eigenvalue weighted by atomic mass is 9.78. The second-order valence-electron chi connectivity index (χ2n) is 14.1. The van der Waals surface area contributed by atoms with E-state index in [0.29, 0.717) is 0 Å². The van der Waals surface area contributed by atoms with Crippen LogP contribution in [0.15, 0.2) is 94.3 Å². The van der Waals surface area contributed by atoms with Crippen LogP contribution < -0.4 is 4.90 Å². The molecular formula is C39H43NO6S2. The number of anilines is 1. The van der Waals surface area contributed by atoms with Crippen molar-refractivity contribution in [1.82, 2.24) is 0 Å². The molecule has 0 amide bonds. The first-order valence-corrected chi connectivity index (χ1v) is 19.2. The van der Waals surface area contributed by atoms with E-state index in [9.17, 15) is 25.9 Å². The Kier molecular flexibility index (Phi) is 8.31. The third kappa shape index (κ3) is 5.50. The van der Waals surface area contributed by atoms with Crippen LogP contribution in [0.1, 0.15) is 69.4 Å². The average Bonchev–Trinajstić information content (AvgIpc) is 3.40. The van der Waals surface area contributed by atoms with E-state index < -0.39 is 20.2 Å². The van der Waals surface area contributed by atoms with Crippen molar-refractivity contribution >= 4 is 47.5 Å². The fraction of sp³-hybridized carbons (Fsp3) is 0.333. The van der Waals surface area contributed by atoms with Crippen molar-refractivity contribution in [3.05, 3.63) is 112 Å². The number of rotatable bonds is 7. The number of fused-ring (bicyclic) bond motifs is 6. The molecule has 2 aliphatic rings. The van der Waals surface area contributed by atoms with Crippen LogP contribution in [0.4, 0.5) is 5.69 Å². The van der Waals surface area contributed by atoms with Gasteiger partial charge < -0.3 is 4.90 Å². The molecule has 4 aromatic rings. The van der Waals surface area contributed by atoms with E-state index in [1.54, 1.807) is 24.3 Å². The Balaban J connectivity index is 1.34. The topological polar surface area (TPSA) is 112 Å². The smallest absolute Gasteiger partial charge is 0.294 e. The van der Waals surface area contributed by atoms with Crippen molar-refractivity contribution in [1.29, 1.82) is 0 Å². The first-order chi connectivity index (χ1) is 22.4. The van der Waals surface area contributed by atoms with E-state index in [0.717, 1.165) is 63.3 Å². The summed E-state index contributed by atoms with van der Waals surface area (Å²) < 4.78 is 67.8. The fourth-order valence-corrected chi connectivity index (χ4v) is 9.24. The highest BCUT2D eigenvalue weighted by Crippen LogP contribution is 2.50. The minimum Gasteiger partial charge on any atom is -0.364 e. The van der Waals surface area contributed by atoms with Crippen LogP contribution in [0.5, 0.6) is 0 Å². The average molecular weight is 686 g/mol. The molecular weight excluding hydrogens is 643 g/mol. The van der Waals surface area contributed by atoms with Gasteiger partial charge in [0, 0.05) is 23.1 Å². The van der Waals surface area contributed by atoms with E-state index in [2.05, 4.69) is 82.9 Å². The predicted octanol–water partition coefficient (Wildman–Crippen LogP) is 8.42. The van der Waals surface area contributed by atoms with Crippen LogP contribution in [-0.2, 0) is 43.9 Å². The zero-order chi connectivity index (χ0) is 35.0. The molecule has 4 aromatic carbocycles. The highest BCUT2D eigenvalue weighted by Gasteiger charge is 2.44. The molecule has 1 aliphatic carbocycles. The summed E-state index contributed by atoms with van der Waals surface area (Å²) in [6, 6.07) is 14.2. The Morgan fingerprint density at radius 1 is 0.812 bits per heavy atom. The van der Waals surface area contributed by atoms with Crippen molar-refractivity contribution in [2.75, 3.05) is 11.4 Å². The number of benzene rings is 4. The lowest BCUT2D eigenvalue weighted by Crippen LogP contribution is -2.39. The molecule has 0 fully saturated rings. The lowest BCUT2D eigenvalue weighted by molar-refractivity contribution is 0.479. The number of allylic oxidation sites excluding steroid dienone is 5. The molecule has 0 aromatic heterocycles. The van der Waals surface area contributed by atoms with Crippen molar-refractivity contribution in [3.8, 4) is 0 Å². The molecule has 0 saturated heterocycles. The quantitative estimate of drug-likeness (QED) is 0.148. The van der Waals surface area contributed by atoms with Crippen molar-refractivity contribution in [3.63, 3.8) is 0 Å². The Morgan fingerprint density at radius 3 is 2.12 bits per heavy atom. The molecule has 1 atom stereocenters. The van der Waals surface area contributed by atoms with Gasteiger partial charge in [-0.05, 0) is 106 Å². The highest BCUT2D eigenvalue weighted by atomic mass is 32.2. The first kappa shape index (κ1) is 34.1. The number of aryl methyl sites for hydroxylation is 2. The van der Waals surface area contributed by atoms with Crippen molar-refractivity contribution in [2.45, 2.75) is 88.0 Å². The van der Waals surface area contributed by atoms with Gasteiger partial charge in [0.2, 0.25) is 0 Å².